The number of rotatable bonds is 1. The van der Waals surface area contributed by atoms with Crippen LogP contribution in [-0.4, -0.2) is 0 Å². The molecule has 73 valence electrons. The standard InChI is InChI=1S/C5H5.5CH3.O.Re/c1-2-4-5-3-1;;;;;;;/h1-3H,4H2;5*1H3;;. The van der Waals surface area contributed by atoms with Gasteiger partial charge in [-0.2, -0.15) is 0 Å². The van der Waals surface area contributed by atoms with E-state index < -0.39 is 11.8 Å². The predicted molar refractivity (Wildman–Crippen MR) is 51.8 cm³/mol. The van der Waals surface area contributed by atoms with Crippen molar-refractivity contribution < 1.29 is 15.3 Å². The molecule has 0 aliphatic heterocycles. The van der Waals surface area contributed by atoms with Crippen LogP contribution in [0.25, 0.3) is 0 Å². The van der Waals surface area contributed by atoms with E-state index in [1.807, 2.05) is 39.1 Å². The molecule has 0 spiro atoms. The second-order valence-electron chi connectivity index (χ2n) is 6.82. The first-order valence-electron chi connectivity index (χ1n) is 3.95. The van der Waals surface area contributed by atoms with Crippen LogP contribution in [0.1, 0.15) is 6.42 Å². The summed E-state index contributed by atoms with van der Waals surface area (Å²) >= 11 is -4.52. The molecule has 0 radical (unpaired) electrons. The van der Waals surface area contributed by atoms with E-state index in [1.54, 1.807) is 0 Å². The van der Waals surface area contributed by atoms with Gasteiger partial charge < -0.3 is 0 Å². The van der Waals surface area contributed by atoms with Crippen LogP contribution in [0.5, 0.6) is 0 Å². The Labute approximate surface area is 71.2 Å². The van der Waals surface area contributed by atoms with Gasteiger partial charge in [0.2, 0.25) is 0 Å². The Kier molecular flexibility index (Phi) is 1.16. The van der Waals surface area contributed by atoms with Gasteiger partial charge in [-0.15, -0.1) is 0 Å². The maximum absolute atomic E-state index is 13.1. The average Bonchev–Trinajstić information content (AvgIpc) is 1.99. The molecule has 0 heterocycles. The SMILES string of the molecule is [CH3][Re]([CH3])([CH3])([CH3])([CH3])(=[O])[C]1=CC=CC1. The topological polar surface area (TPSA) is 17.1 Å². The molecule has 0 unspecified atom stereocenters. The van der Waals surface area contributed by atoms with Crippen LogP contribution < -0.4 is 0 Å². The molecule has 2 heteroatoms. The molecule has 1 aliphatic rings. The van der Waals surface area contributed by atoms with E-state index in [4.69, 9.17) is 0 Å². The minimum absolute atomic E-state index is 0.861. The molecule has 12 heavy (non-hydrogen) atoms. The second kappa shape index (κ2) is 1.39. The van der Waals surface area contributed by atoms with Crippen LogP contribution in [0.2, 0.25) is 27.0 Å². The Morgan fingerprint density at radius 1 is 1.17 bits per heavy atom. The second-order valence-corrected chi connectivity index (χ2v) is 48.6. The quantitative estimate of drug-likeness (QED) is 0.699. The van der Waals surface area contributed by atoms with E-state index >= 15 is 0 Å². The Morgan fingerprint density at radius 3 is 1.83 bits per heavy atom. The van der Waals surface area contributed by atoms with E-state index in [0.717, 1.165) is 10.5 Å². The normalized spacial score (nSPS) is 26.8. The summed E-state index contributed by atoms with van der Waals surface area (Å²) in [4.78, 5) is 0. The van der Waals surface area contributed by atoms with Crippen molar-refractivity contribution in [2.75, 3.05) is 0 Å². The number of allylic oxidation sites excluding steroid dienone is 4. The number of hydrogen-bond acceptors (Lipinski definition) is 1. The summed E-state index contributed by atoms with van der Waals surface area (Å²) in [5.41, 5.74) is 0. The van der Waals surface area contributed by atoms with Gasteiger partial charge in [-0.05, 0) is 0 Å². The van der Waals surface area contributed by atoms with Gasteiger partial charge in [0, 0.05) is 0 Å². The van der Waals surface area contributed by atoms with Crippen LogP contribution >= 0.6 is 0 Å². The monoisotopic (exact) mass is 343 g/mol. The fourth-order valence-corrected chi connectivity index (χ4v) is 7.21. The maximum atomic E-state index is 13.1. The van der Waals surface area contributed by atoms with Crippen molar-refractivity contribution in [1.82, 2.24) is 0 Å². The summed E-state index contributed by atoms with van der Waals surface area (Å²) in [6.07, 6.45) is 6.95. The van der Waals surface area contributed by atoms with Gasteiger partial charge >= 0.3 is 71.0 Å². The Bertz CT molecular complexity index is 373. The van der Waals surface area contributed by atoms with Crippen LogP contribution in [0.15, 0.2) is 22.3 Å². The molecule has 1 nitrogen and oxygen atoms in total. The van der Waals surface area contributed by atoms with E-state index in [-0.39, 0.29) is 0 Å². The molecular formula is C10H20ORe. The number of hydrogen-bond donors (Lipinski definition) is 0. The third kappa shape index (κ3) is 2.22. The van der Waals surface area contributed by atoms with Crippen LogP contribution in [0.4, 0.5) is 0 Å². The molecule has 0 aromatic rings. The van der Waals surface area contributed by atoms with E-state index in [9.17, 15) is 3.47 Å². The van der Waals surface area contributed by atoms with Gasteiger partial charge in [0.15, 0.2) is 0 Å². The average molecular weight is 342 g/mol. The Morgan fingerprint density at radius 2 is 1.67 bits per heavy atom. The minimum atomic E-state index is -4.52. The molecule has 0 aromatic heterocycles. The predicted octanol–water partition coefficient (Wildman–Crippen LogP) is 4.18. The van der Waals surface area contributed by atoms with E-state index in [0.29, 0.717) is 0 Å². The van der Waals surface area contributed by atoms with Crippen molar-refractivity contribution in [3.8, 4) is 0 Å². The van der Waals surface area contributed by atoms with Gasteiger partial charge in [-0.25, -0.2) is 0 Å². The van der Waals surface area contributed by atoms with Gasteiger partial charge in [0.25, 0.3) is 0 Å². The van der Waals surface area contributed by atoms with Crippen molar-refractivity contribution in [2.45, 2.75) is 33.4 Å². The fraction of sp³-hybridized carbons (Fsp3) is 0.600. The molecule has 0 fully saturated rings. The van der Waals surface area contributed by atoms with Crippen molar-refractivity contribution in [2.24, 2.45) is 0 Å². The molecule has 0 N–H and O–H groups in total. The summed E-state index contributed by atoms with van der Waals surface area (Å²) in [6, 6.07) is 0. The molecule has 0 saturated carbocycles. The molecule has 0 aromatic carbocycles. The van der Waals surface area contributed by atoms with Crippen molar-refractivity contribution in [3.05, 3.63) is 22.3 Å². The third-order valence-electron chi connectivity index (χ3n) is 2.04. The molecular weight excluding hydrogens is 322 g/mol. The zero-order chi connectivity index (χ0) is 9.78. The molecule has 1 rings (SSSR count). The summed E-state index contributed by atoms with van der Waals surface area (Å²) in [6.45, 7) is 0. The summed E-state index contributed by atoms with van der Waals surface area (Å²) in [5.74, 6) is 0. The van der Waals surface area contributed by atoms with Crippen LogP contribution in [0, 0.1) is 0 Å². The van der Waals surface area contributed by atoms with Gasteiger partial charge in [0.05, 0.1) is 0 Å². The first-order chi connectivity index (χ1) is 4.80. The molecule has 0 atom stereocenters. The molecule has 0 saturated heterocycles. The molecule has 0 amide bonds. The Hall–Kier alpha value is -0.0577. The van der Waals surface area contributed by atoms with Gasteiger partial charge in [-0.3, -0.25) is 0 Å². The van der Waals surface area contributed by atoms with Crippen molar-refractivity contribution in [1.29, 1.82) is 0 Å². The fourth-order valence-electron chi connectivity index (χ4n) is 1.18. The van der Waals surface area contributed by atoms with Crippen LogP contribution in [-0.2, 0) is 15.3 Å². The van der Waals surface area contributed by atoms with E-state index in [1.165, 1.54) is 0 Å². The third-order valence-corrected chi connectivity index (χ3v) is 12.5. The summed E-state index contributed by atoms with van der Waals surface area (Å²) in [5, 5.41) is 9.75. The van der Waals surface area contributed by atoms with Gasteiger partial charge in [-0.1, -0.05) is 0 Å². The summed E-state index contributed by atoms with van der Waals surface area (Å²) in [7, 11) is 0. The zero-order valence-corrected chi connectivity index (χ0v) is 11.4. The van der Waals surface area contributed by atoms with Crippen molar-refractivity contribution in [3.63, 3.8) is 0 Å². The van der Waals surface area contributed by atoms with E-state index in [2.05, 4.69) is 6.08 Å². The van der Waals surface area contributed by atoms with Gasteiger partial charge in [0.1, 0.15) is 0 Å². The van der Waals surface area contributed by atoms with Crippen molar-refractivity contribution >= 4 is 0 Å². The summed E-state index contributed by atoms with van der Waals surface area (Å²) < 4.78 is 14.2. The molecule has 1 aliphatic carbocycles. The Balaban J connectivity index is 3.49. The first-order valence-corrected chi connectivity index (χ1v) is 20.0. The molecule has 0 bridgehead atoms. The van der Waals surface area contributed by atoms with Crippen LogP contribution in [0.3, 0.4) is 0 Å². The first kappa shape index (κ1) is 10.0. The zero-order valence-electron chi connectivity index (χ0n) is 8.73.